The zero-order valence-electron chi connectivity index (χ0n) is 14.5. The highest BCUT2D eigenvalue weighted by Crippen LogP contribution is 2.15. The van der Waals surface area contributed by atoms with Gasteiger partial charge >= 0.3 is 0 Å². The molecule has 0 saturated heterocycles. The summed E-state index contributed by atoms with van der Waals surface area (Å²) in [6.45, 7) is 1.84. The van der Waals surface area contributed by atoms with Crippen LogP contribution in [0.4, 0.5) is 5.69 Å². The molecule has 0 aliphatic carbocycles. The summed E-state index contributed by atoms with van der Waals surface area (Å²) in [5, 5.41) is 2.67. The number of Topliss-reactive ketones (excluding diaryl/α,β-unsaturated/α-hetero) is 1. The normalized spacial score (nSPS) is 11.2. The van der Waals surface area contributed by atoms with Gasteiger partial charge in [0.25, 0.3) is 5.91 Å². The lowest BCUT2D eigenvalue weighted by molar-refractivity contribution is 0.101. The summed E-state index contributed by atoms with van der Waals surface area (Å²) in [5.41, 5.74) is 1.25. The first-order valence-electron chi connectivity index (χ1n) is 7.84. The predicted octanol–water partition coefficient (Wildman–Crippen LogP) is 2.07. The van der Waals surface area contributed by atoms with Crippen LogP contribution in [0, 0.1) is 0 Å². The van der Waals surface area contributed by atoms with Gasteiger partial charge in [0.15, 0.2) is 5.78 Å². The number of carbonyl (C=O) groups excluding carboxylic acids is 2. The number of ether oxygens (including phenoxy) is 1. The van der Waals surface area contributed by atoms with Crippen LogP contribution in [0.5, 0.6) is 0 Å². The monoisotopic (exact) mass is 376 g/mol. The van der Waals surface area contributed by atoms with Crippen molar-refractivity contribution in [3.05, 3.63) is 59.7 Å². The molecule has 0 aliphatic rings. The van der Waals surface area contributed by atoms with Gasteiger partial charge in [0.05, 0.1) is 11.5 Å². The third kappa shape index (κ3) is 5.22. The molecule has 2 aromatic rings. The van der Waals surface area contributed by atoms with Gasteiger partial charge in [-0.1, -0.05) is 6.07 Å². The van der Waals surface area contributed by atoms with E-state index in [1.165, 1.54) is 38.3 Å². The highest BCUT2D eigenvalue weighted by atomic mass is 32.2. The Morgan fingerprint density at radius 1 is 1.04 bits per heavy atom. The van der Waals surface area contributed by atoms with Crippen molar-refractivity contribution in [1.82, 2.24) is 4.72 Å². The van der Waals surface area contributed by atoms with E-state index in [0.717, 1.165) is 0 Å². The van der Waals surface area contributed by atoms with Gasteiger partial charge in [-0.05, 0) is 49.4 Å². The Balaban J connectivity index is 2.13. The second kappa shape index (κ2) is 8.70. The molecule has 8 heteroatoms. The lowest BCUT2D eigenvalue weighted by atomic mass is 10.1. The number of ketones is 1. The Kier molecular flexibility index (Phi) is 6.62. The zero-order chi connectivity index (χ0) is 19.2. The van der Waals surface area contributed by atoms with Gasteiger partial charge in [0, 0.05) is 30.5 Å². The molecule has 26 heavy (non-hydrogen) atoms. The molecule has 2 rings (SSSR count). The Labute approximate surface area is 152 Å². The average molecular weight is 376 g/mol. The van der Waals surface area contributed by atoms with Gasteiger partial charge in [0.1, 0.15) is 0 Å². The van der Waals surface area contributed by atoms with E-state index in [2.05, 4.69) is 10.0 Å². The number of hydrogen-bond acceptors (Lipinski definition) is 5. The van der Waals surface area contributed by atoms with Crippen LogP contribution in [0.25, 0.3) is 0 Å². The first-order chi connectivity index (χ1) is 12.3. The Morgan fingerprint density at radius 2 is 1.73 bits per heavy atom. The molecule has 7 nitrogen and oxygen atoms in total. The number of amides is 1. The second-order valence-corrected chi connectivity index (χ2v) is 7.27. The number of rotatable bonds is 8. The van der Waals surface area contributed by atoms with Crippen molar-refractivity contribution in [1.29, 1.82) is 0 Å². The molecule has 0 aliphatic heterocycles. The standard InChI is InChI=1S/C18H20N2O5S/c1-13(21)14-6-8-16(9-7-14)20-18(22)15-4-3-5-17(12-15)26(23,24)19-10-11-25-2/h3-9,12,19H,10-11H2,1-2H3,(H,20,22). The molecule has 2 aromatic carbocycles. The molecule has 138 valence electrons. The number of anilines is 1. The SMILES string of the molecule is COCCNS(=O)(=O)c1cccc(C(=O)Nc2ccc(C(C)=O)cc2)c1. The summed E-state index contributed by atoms with van der Waals surface area (Å²) < 4.78 is 31.6. The van der Waals surface area contributed by atoms with Gasteiger partial charge < -0.3 is 10.1 Å². The molecular weight excluding hydrogens is 356 g/mol. The van der Waals surface area contributed by atoms with E-state index < -0.39 is 15.9 Å². The third-order valence-corrected chi connectivity index (χ3v) is 5.01. The quantitative estimate of drug-likeness (QED) is 0.542. The van der Waals surface area contributed by atoms with E-state index in [1.807, 2.05) is 0 Å². The molecule has 0 heterocycles. The van der Waals surface area contributed by atoms with Crippen LogP contribution in [0.15, 0.2) is 53.4 Å². The van der Waals surface area contributed by atoms with Crippen molar-refractivity contribution in [3.8, 4) is 0 Å². The molecule has 0 atom stereocenters. The molecule has 0 spiro atoms. The van der Waals surface area contributed by atoms with Crippen LogP contribution in [0.2, 0.25) is 0 Å². The van der Waals surface area contributed by atoms with E-state index >= 15 is 0 Å². The minimum absolute atomic E-state index is 0.00631. The lowest BCUT2D eigenvalue weighted by Crippen LogP contribution is -2.27. The van der Waals surface area contributed by atoms with Crippen molar-refractivity contribution in [3.63, 3.8) is 0 Å². The maximum absolute atomic E-state index is 12.4. The highest BCUT2D eigenvalue weighted by Gasteiger charge is 2.16. The number of methoxy groups -OCH3 is 1. The summed E-state index contributed by atoms with van der Waals surface area (Å²) in [4.78, 5) is 23.6. The van der Waals surface area contributed by atoms with Crippen molar-refractivity contribution in [2.75, 3.05) is 25.6 Å². The average Bonchev–Trinajstić information content (AvgIpc) is 2.62. The number of nitrogens with one attached hydrogen (secondary N) is 2. The fourth-order valence-electron chi connectivity index (χ4n) is 2.16. The molecule has 1 amide bonds. The topological polar surface area (TPSA) is 102 Å². The zero-order valence-corrected chi connectivity index (χ0v) is 15.3. The second-order valence-electron chi connectivity index (χ2n) is 5.51. The van der Waals surface area contributed by atoms with Gasteiger partial charge in [-0.3, -0.25) is 9.59 Å². The number of sulfonamides is 1. The Bertz CT molecular complexity index is 892. The highest BCUT2D eigenvalue weighted by molar-refractivity contribution is 7.89. The largest absolute Gasteiger partial charge is 0.383 e. The summed E-state index contributed by atoms with van der Waals surface area (Å²) in [6.07, 6.45) is 0. The van der Waals surface area contributed by atoms with Gasteiger partial charge in [-0.15, -0.1) is 0 Å². The van der Waals surface area contributed by atoms with Crippen molar-refractivity contribution >= 4 is 27.4 Å². The van der Waals surface area contributed by atoms with Crippen LogP contribution in [-0.2, 0) is 14.8 Å². The van der Waals surface area contributed by atoms with E-state index in [-0.39, 0.29) is 29.4 Å². The van der Waals surface area contributed by atoms with Gasteiger partial charge in [0.2, 0.25) is 10.0 Å². The van der Waals surface area contributed by atoms with Crippen molar-refractivity contribution < 1.29 is 22.7 Å². The number of benzene rings is 2. The minimum Gasteiger partial charge on any atom is -0.383 e. The Hall–Kier alpha value is -2.55. The fourth-order valence-corrected chi connectivity index (χ4v) is 3.22. The summed E-state index contributed by atoms with van der Waals surface area (Å²) >= 11 is 0. The molecule has 0 radical (unpaired) electrons. The molecular formula is C18H20N2O5S. The van der Waals surface area contributed by atoms with Gasteiger partial charge in [-0.2, -0.15) is 0 Å². The van der Waals surface area contributed by atoms with Gasteiger partial charge in [-0.25, -0.2) is 13.1 Å². The first kappa shape index (κ1) is 19.8. The van der Waals surface area contributed by atoms with Crippen LogP contribution in [-0.4, -0.2) is 40.4 Å². The summed E-state index contributed by atoms with van der Waals surface area (Å²) in [7, 11) is -2.25. The van der Waals surface area contributed by atoms with Crippen LogP contribution < -0.4 is 10.0 Å². The third-order valence-electron chi connectivity index (χ3n) is 3.55. The van der Waals surface area contributed by atoms with E-state index in [1.54, 1.807) is 24.3 Å². The van der Waals surface area contributed by atoms with Crippen LogP contribution in [0.3, 0.4) is 0 Å². The van der Waals surface area contributed by atoms with Crippen LogP contribution in [0.1, 0.15) is 27.6 Å². The van der Waals surface area contributed by atoms with E-state index in [9.17, 15) is 18.0 Å². The van der Waals surface area contributed by atoms with Crippen molar-refractivity contribution in [2.45, 2.75) is 11.8 Å². The molecule has 0 fully saturated rings. The molecule has 0 bridgehead atoms. The van der Waals surface area contributed by atoms with E-state index in [4.69, 9.17) is 4.74 Å². The molecule has 0 saturated carbocycles. The van der Waals surface area contributed by atoms with Crippen LogP contribution >= 0.6 is 0 Å². The fraction of sp³-hybridized carbons (Fsp3) is 0.222. The maximum Gasteiger partial charge on any atom is 0.255 e. The molecule has 0 unspecified atom stereocenters. The maximum atomic E-state index is 12.4. The predicted molar refractivity (Wildman–Crippen MR) is 97.9 cm³/mol. The number of hydrogen-bond donors (Lipinski definition) is 2. The Morgan fingerprint density at radius 3 is 2.35 bits per heavy atom. The molecule has 0 aromatic heterocycles. The summed E-state index contributed by atoms with van der Waals surface area (Å²) in [6, 6.07) is 12.2. The minimum atomic E-state index is -3.72. The number of carbonyl (C=O) groups is 2. The lowest BCUT2D eigenvalue weighted by Gasteiger charge is -2.09. The van der Waals surface area contributed by atoms with Crippen molar-refractivity contribution in [2.24, 2.45) is 0 Å². The first-order valence-corrected chi connectivity index (χ1v) is 9.33. The van der Waals surface area contributed by atoms with E-state index in [0.29, 0.717) is 11.3 Å². The molecule has 2 N–H and O–H groups in total. The smallest absolute Gasteiger partial charge is 0.255 e. The summed E-state index contributed by atoms with van der Waals surface area (Å²) in [5.74, 6) is -0.517.